The van der Waals surface area contributed by atoms with Crippen LogP contribution in [0.1, 0.15) is 16.8 Å². The van der Waals surface area contributed by atoms with Gasteiger partial charge in [-0.2, -0.15) is 11.8 Å². The van der Waals surface area contributed by atoms with Crippen LogP contribution in [0.5, 0.6) is 0 Å². The first-order chi connectivity index (χ1) is 6.75. The van der Waals surface area contributed by atoms with E-state index in [4.69, 9.17) is 5.73 Å². The van der Waals surface area contributed by atoms with E-state index in [1.807, 2.05) is 36.5 Å². The molecule has 1 aliphatic heterocycles. The molecule has 5 heteroatoms. The van der Waals surface area contributed by atoms with Gasteiger partial charge in [-0.3, -0.25) is 0 Å². The van der Waals surface area contributed by atoms with Crippen molar-refractivity contribution in [3.63, 3.8) is 0 Å². The van der Waals surface area contributed by atoms with Crippen LogP contribution in [0.3, 0.4) is 0 Å². The molecule has 1 aromatic rings. The van der Waals surface area contributed by atoms with E-state index in [0.717, 1.165) is 17.3 Å². The standard InChI is InChI=1S/C9H13N3S2/c1-6-4-8(10)12-9(11-6)7-5-13-2-3-14-7/h4,7H,2-3,5H2,1H3,(H2,10,11,12). The third-order valence-corrected chi connectivity index (χ3v) is 4.75. The van der Waals surface area contributed by atoms with Crippen molar-refractivity contribution >= 4 is 29.3 Å². The summed E-state index contributed by atoms with van der Waals surface area (Å²) in [6, 6.07) is 1.81. The second-order valence-electron chi connectivity index (χ2n) is 3.23. The first-order valence-electron chi connectivity index (χ1n) is 4.56. The number of nitrogens with two attached hydrogens (primary N) is 1. The van der Waals surface area contributed by atoms with Crippen LogP contribution in [0.15, 0.2) is 6.07 Å². The zero-order valence-electron chi connectivity index (χ0n) is 8.06. The lowest BCUT2D eigenvalue weighted by atomic mass is 10.3. The molecule has 3 nitrogen and oxygen atoms in total. The van der Waals surface area contributed by atoms with Gasteiger partial charge >= 0.3 is 0 Å². The predicted molar refractivity (Wildman–Crippen MR) is 63.7 cm³/mol. The summed E-state index contributed by atoms with van der Waals surface area (Å²) in [6.45, 7) is 1.96. The van der Waals surface area contributed by atoms with Gasteiger partial charge < -0.3 is 5.73 Å². The molecule has 2 N–H and O–H groups in total. The fraction of sp³-hybridized carbons (Fsp3) is 0.556. The van der Waals surface area contributed by atoms with Gasteiger partial charge in [-0.25, -0.2) is 9.97 Å². The Hall–Kier alpha value is -0.420. The molecular weight excluding hydrogens is 214 g/mol. The number of aromatic nitrogens is 2. The van der Waals surface area contributed by atoms with Gasteiger partial charge in [0, 0.05) is 29.0 Å². The van der Waals surface area contributed by atoms with E-state index in [1.54, 1.807) is 0 Å². The Kier molecular flexibility index (Phi) is 3.18. The molecular formula is C9H13N3S2. The smallest absolute Gasteiger partial charge is 0.144 e. The molecule has 76 valence electrons. The SMILES string of the molecule is Cc1cc(N)nc(C2CSCCS2)n1. The quantitative estimate of drug-likeness (QED) is 0.794. The summed E-state index contributed by atoms with van der Waals surface area (Å²) in [5, 5.41) is 0.427. The molecule has 0 saturated carbocycles. The van der Waals surface area contributed by atoms with E-state index in [2.05, 4.69) is 9.97 Å². The molecule has 0 amide bonds. The Balaban J connectivity index is 2.21. The van der Waals surface area contributed by atoms with Gasteiger partial charge in [-0.1, -0.05) is 0 Å². The lowest BCUT2D eigenvalue weighted by Crippen LogP contribution is -2.11. The van der Waals surface area contributed by atoms with Crippen molar-refractivity contribution in [2.24, 2.45) is 0 Å². The van der Waals surface area contributed by atoms with Crippen LogP contribution in [-0.4, -0.2) is 27.2 Å². The van der Waals surface area contributed by atoms with Gasteiger partial charge in [0.2, 0.25) is 0 Å². The van der Waals surface area contributed by atoms with Crippen molar-refractivity contribution in [1.29, 1.82) is 0 Å². The van der Waals surface area contributed by atoms with Crippen LogP contribution in [0.2, 0.25) is 0 Å². The van der Waals surface area contributed by atoms with Crippen molar-refractivity contribution in [2.45, 2.75) is 12.2 Å². The second kappa shape index (κ2) is 4.40. The molecule has 1 saturated heterocycles. The fourth-order valence-electron chi connectivity index (χ4n) is 1.40. The molecule has 1 fully saturated rings. The highest BCUT2D eigenvalue weighted by Crippen LogP contribution is 2.35. The van der Waals surface area contributed by atoms with Crippen molar-refractivity contribution in [3.8, 4) is 0 Å². The molecule has 14 heavy (non-hydrogen) atoms. The van der Waals surface area contributed by atoms with Gasteiger partial charge in [0.1, 0.15) is 11.6 Å². The van der Waals surface area contributed by atoms with Gasteiger partial charge in [-0.05, 0) is 6.92 Å². The third kappa shape index (κ3) is 2.33. The first-order valence-corrected chi connectivity index (χ1v) is 6.76. The Morgan fingerprint density at radius 1 is 1.43 bits per heavy atom. The van der Waals surface area contributed by atoms with E-state index in [-0.39, 0.29) is 0 Å². The van der Waals surface area contributed by atoms with Gasteiger partial charge in [0.25, 0.3) is 0 Å². The molecule has 2 heterocycles. The minimum atomic E-state index is 0.427. The van der Waals surface area contributed by atoms with Gasteiger partial charge in [-0.15, -0.1) is 11.8 Å². The van der Waals surface area contributed by atoms with Crippen LogP contribution in [0.4, 0.5) is 5.82 Å². The largest absolute Gasteiger partial charge is 0.384 e. The molecule has 0 aromatic carbocycles. The number of aryl methyl sites for hydroxylation is 1. The normalized spacial score (nSPS) is 22.2. The number of nitrogen functional groups attached to an aromatic ring is 1. The summed E-state index contributed by atoms with van der Waals surface area (Å²) in [4.78, 5) is 8.72. The number of nitrogens with zero attached hydrogens (tertiary/aromatic N) is 2. The summed E-state index contributed by atoms with van der Waals surface area (Å²) in [6.07, 6.45) is 0. The Labute approximate surface area is 92.3 Å². The Morgan fingerprint density at radius 2 is 2.29 bits per heavy atom. The van der Waals surface area contributed by atoms with Crippen LogP contribution in [-0.2, 0) is 0 Å². The molecule has 2 rings (SSSR count). The molecule has 1 atom stereocenters. The summed E-state index contributed by atoms with van der Waals surface area (Å²) in [5.74, 6) is 5.02. The van der Waals surface area contributed by atoms with Crippen molar-refractivity contribution in [3.05, 3.63) is 17.6 Å². The molecule has 1 unspecified atom stereocenters. The van der Waals surface area contributed by atoms with Gasteiger partial charge in [0.05, 0.1) is 5.25 Å². The maximum Gasteiger partial charge on any atom is 0.144 e. The lowest BCUT2D eigenvalue weighted by molar-refractivity contribution is 0.909. The predicted octanol–water partition coefficient (Wildman–Crippen LogP) is 1.89. The number of hydrogen-bond donors (Lipinski definition) is 1. The summed E-state index contributed by atoms with van der Waals surface area (Å²) in [5.41, 5.74) is 6.66. The number of anilines is 1. The summed E-state index contributed by atoms with van der Waals surface area (Å²) >= 11 is 3.90. The van der Waals surface area contributed by atoms with E-state index in [9.17, 15) is 0 Å². The maximum atomic E-state index is 5.70. The van der Waals surface area contributed by atoms with Crippen LogP contribution in [0, 0.1) is 6.92 Å². The summed E-state index contributed by atoms with van der Waals surface area (Å²) < 4.78 is 0. The average molecular weight is 227 g/mol. The van der Waals surface area contributed by atoms with E-state index < -0.39 is 0 Å². The van der Waals surface area contributed by atoms with Crippen molar-refractivity contribution < 1.29 is 0 Å². The Morgan fingerprint density at radius 3 is 2.93 bits per heavy atom. The van der Waals surface area contributed by atoms with Crippen LogP contribution >= 0.6 is 23.5 Å². The highest BCUT2D eigenvalue weighted by atomic mass is 32.2. The molecule has 0 bridgehead atoms. The zero-order chi connectivity index (χ0) is 9.97. The molecule has 1 aromatic heterocycles. The highest BCUT2D eigenvalue weighted by Gasteiger charge is 2.19. The molecule has 1 aliphatic rings. The Bertz CT molecular complexity index is 304. The molecule has 0 radical (unpaired) electrons. The van der Waals surface area contributed by atoms with E-state index >= 15 is 0 Å². The average Bonchev–Trinajstić information content (AvgIpc) is 2.18. The first kappa shape index (κ1) is 10.1. The minimum Gasteiger partial charge on any atom is -0.384 e. The molecule has 0 aliphatic carbocycles. The monoisotopic (exact) mass is 227 g/mol. The van der Waals surface area contributed by atoms with Gasteiger partial charge in [0.15, 0.2) is 0 Å². The van der Waals surface area contributed by atoms with Crippen molar-refractivity contribution in [1.82, 2.24) is 9.97 Å². The third-order valence-electron chi connectivity index (χ3n) is 2.00. The minimum absolute atomic E-state index is 0.427. The van der Waals surface area contributed by atoms with E-state index in [0.29, 0.717) is 11.1 Å². The van der Waals surface area contributed by atoms with E-state index in [1.165, 1.54) is 11.5 Å². The van der Waals surface area contributed by atoms with Crippen molar-refractivity contribution in [2.75, 3.05) is 23.0 Å². The highest BCUT2D eigenvalue weighted by molar-refractivity contribution is 8.06. The van der Waals surface area contributed by atoms with Crippen LogP contribution in [0.25, 0.3) is 0 Å². The number of rotatable bonds is 1. The lowest BCUT2D eigenvalue weighted by Gasteiger charge is -2.19. The topological polar surface area (TPSA) is 51.8 Å². The zero-order valence-corrected chi connectivity index (χ0v) is 9.70. The van der Waals surface area contributed by atoms with Crippen LogP contribution < -0.4 is 5.73 Å². The fourth-order valence-corrected chi connectivity index (χ4v) is 4.00. The summed E-state index contributed by atoms with van der Waals surface area (Å²) in [7, 11) is 0. The molecule has 0 spiro atoms. The second-order valence-corrected chi connectivity index (χ2v) is 5.69. The number of thioether (sulfide) groups is 2. The maximum absolute atomic E-state index is 5.70. The number of hydrogen-bond acceptors (Lipinski definition) is 5.